The van der Waals surface area contributed by atoms with E-state index >= 15 is 0 Å². The molecule has 1 aromatic heterocycles. The Morgan fingerprint density at radius 2 is 2.00 bits per heavy atom. The summed E-state index contributed by atoms with van der Waals surface area (Å²) in [5, 5.41) is 3.48. The predicted molar refractivity (Wildman–Crippen MR) is 91.0 cm³/mol. The minimum atomic E-state index is -0.201. The molecule has 0 spiro atoms. The van der Waals surface area contributed by atoms with Crippen LogP contribution in [0.4, 0.5) is 4.39 Å². The number of rotatable bonds is 5. The Morgan fingerprint density at radius 1 is 1.25 bits per heavy atom. The van der Waals surface area contributed by atoms with E-state index in [-0.39, 0.29) is 11.9 Å². The topological polar surface area (TPSA) is 12.0 Å². The average molecular weight is 421 g/mol. The third kappa shape index (κ3) is 4.13. The number of nitrogens with one attached hydrogen (secondary N) is 1. The Hall–Kier alpha value is -0.230. The van der Waals surface area contributed by atoms with Crippen LogP contribution in [-0.2, 0) is 6.42 Å². The lowest BCUT2D eigenvalue weighted by Gasteiger charge is -2.16. The quantitative estimate of drug-likeness (QED) is 0.662. The first-order chi connectivity index (χ1) is 9.49. The van der Waals surface area contributed by atoms with Gasteiger partial charge in [0.05, 0.1) is 3.79 Å². The third-order valence-corrected chi connectivity index (χ3v) is 5.74. The van der Waals surface area contributed by atoms with Crippen LogP contribution >= 0.6 is 43.2 Å². The summed E-state index contributed by atoms with van der Waals surface area (Å²) >= 11 is 8.65. The van der Waals surface area contributed by atoms with Crippen molar-refractivity contribution in [2.45, 2.75) is 26.3 Å². The van der Waals surface area contributed by atoms with Gasteiger partial charge in [0.1, 0.15) is 5.82 Å². The number of halogens is 3. The highest BCUT2D eigenvalue weighted by molar-refractivity contribution is 9.11. The first-order valence-electron chi connectivity index (χ1n) is 6.43. The number of hydrogen-bond acceptors (Lipinski definition) is 2. The molecule has 1 heterocycles. The van der Waals surface area contributed by atoms with E-state index in [4.69, 9.17) is 0 Å². The molecule has 1 atom stereocenters. The van der Waals surface area contributed by atoms with Gasteiger partial charge in [-0.2, -0.15) is 0 Å². The summed E-state index contributed by atoms with van der Waals surface area (Å²) in [4.78, 5) is 1.27. The number of thiophene rings is 1. The molecule has 2 rings (SSSR count). The number of aryl methyl sites for hydroxylation is 1. The molecule has 5 heteroatoms. The summed E-state index contributed by atoms with van der Waals surface area (Å²) < 4.78 is 15.4. The first-order valence-corrected chi connectivity index (χ1v) is 8.84. The van der Waals surface area contributed by atoms with E-state index < -0.39 is 0 Å². The highest BCUT2D eigenvalue weighted by Crippen LogP contribution is 2.33. The lowest BCUT2D eigenvalue weighted by Crippen LogP contribution is -2.22. The number of benzene rings is 1. The summed E-state index contributed by atoms with van der Waals surface area (Å²) in [6.07, 6.45) is 0.774. The Morgan fingerprint density at radius 3 is 2.55 bits per heavy atom. The molecule has 0 saturated heterocycles. The van der Waals surface area contributed by atoms with Crippen LogP contribution < -0.4 is 5.32 Å². The van der Waals surface area contributed by atoms with Crippen LogP contribution in [0.3, 0.4) is 0 Å². The van der Waals surface area contributed by atoms with E-state index in [0.29, 0.717) is 0 Å². The fourth-order valence-electron chi connectivity index (χ4n) is 2.14. The van der Waals surface area contributed by atoms with Gasteiger partial charge in [0.15, 0.2) is 0 Å². The standard InChI is InChI=1S/C15H16Br2FNS/c1-3-19-13(14-4-9(2)15(17)20-14)7-10-5-11(16)8-12(18)6-10/h4-6,8,13,19H,3,7H2,1-2H3. The van der Waals surface area contributed by atoms with Crippen LogP contribution in [-0.4, -0.2) is 6.54 Å². The molecule has 0 amide bonds. The summed E-state index contributed by atoms with van der Waals surface area (Å²) in [7, 11) is 0. The SMILES string of the molecule is CCNC(Cc1cc(F)cc(Br)c1)c1cc(C)c(Br)s1. The Kier molecular flexibility index (Phi) is 5.78. The van der Waals surface area contributed by atoms with Crippen LogP contribution in [0, 0.1) is 12.7 Å². The molecule has 0 aliphatic heterocycles. The molecule has 1 N–H and O–H groups in total. The summed E-state index contributed by atoms with van der Waals surface area (Å²) in [5.74, 6) is -0.201. The van der Waals surface area contributed by atoms with Gasteiger partial charge < -0.3 is 5.32 Å². The molecule has 0 aliphatic rings. The van der Waals surface area contributed by atoms with Crippen molar-refractivity contribution in [3.63, 3.8) is 0 Å². The van der Waals surface area contributed by atoms with Crippen molar-refractivity contribution in [2.75, 3.05) is 6.54 Å². The normalized spacial score (nSPS) is 12.7. The second kappa shape index (κ2) is 7.16. The lowest BCUT2D eigenvalue weighted by atomic mass is 10.0. The van der Waals surface area contributed by atoms with Crippen LogP contribution in [0.1, 0.15) is 29.0 Å². The highest BCUT2D eigenvalue weighted by Gasteiger charge is 2.15. The Balaban J connectivity index is 2.24. The van der Waals surface area contributed by atoms with Gasteiger partial charge >= 0.3 is 0 Å². The fraction of sp³-hybridized carbons (Fsp3) is 0.333. The van der Waals surface area contributed by atoms with E-state index in [1.165, 1.54) is 16.5 Å². The predicted octanol–water partition coefficient (Wildman–Crippen LogP) is 5.61. The largest absolute Gasteiger partial charge is 0.309 e. The Labute approximate surface area is 139 Å². The van der Waals surface area contributed by atoms with Crippen molar-refractivity contribution in [1.29, 1.82) is 0 Å². The van der Waals surface area contributed by atoms with Crippen molar-refractivity contribution in [3.05, 3.63) is 54.3 Å². The van der Waals surface area contributed by atoms with Crippen molar-refractivity contribution in [2.24, 2.45) is 0 Å². The molecule has 1 nitrogen and oxygen atoms in total. The molecule has 20 heavy (non-hydrogen) atoms. The zero-order valence-electron chi connectivity index (χ0n) is 11.3. The molecule has 1 aromatic carbocycles. The smallest absolute Gasteiger partial charge is 0.124 e. The van der Waals surface area contributed by atoms with Crippen LogP contribution in [0.25, 0.3) is 0 Å². The summed E-state index contributed by atoms with van der Waals surface area (Å²) in [5.41, 5.74) is 2.23. The van der Waals surface area contributed by atoms with Gasteiger partial charge in [0.25, 0.3) is 0 Å². The van der Waals surface area contributed by atoms with Crippen molar-refractivity contribution < 1.29 is 4.39 Å². The van der Waals surface area contributed by atoms with Gasteiger partial charge in [-0.15, -0.1) is 11.3 Å². The van der Waals surface area contributed by atoms with Crippen molar-refractivity contribution >= 4 is 43.2 Å². The molecule has 2 aromatic rings. The lowest BCUT2D eigenvalue weighted by molar-refractivity contribution is 0.554. The highest BCUT2D eigenvalue weighted by atomic mass is 79.9. The maximum absolute atomic E-state index is 13.5. The van der Waals surface area contributed by atoms with Gasteiger partial charge in [-0.05, 0) is 71.2 Å². The van der Waals surface area contributed by atoms with Gasteiger partial charge in [-0.1, -0.05) is 22.9 Å². The van der Waals surface area contributed by atoms with E-state index in [9.17, 15) is 4.39 Å². The van der Waals surface area contributed by atoms with Crippen LogP contribution in [0.2, 0.25) is 0 Å². The van der Waals surface area contributed by atoms with Crippen molar-refractivity contribution in [3.8, 4) is 0 Å². The monoisotopic (exact) mass is 419 g/mol. The van der Waals surface area contributed by atoms with Crippen molar-refractivity contribution in [1.82, 2.24) is 5.32 Å². The summed E-state index contributed by atoms with van der Waals surface area (Å²) in [6.45, 7) is 5.06. The van der Waals surface area contributed by atoms with Crippen LogP contribution in [0.5, 0.6) is 0 Å². The zero-order valence-corrected chi connectivity index (χ0v) is 15.3. The van der Waals surface area contributed by atoms with Gasteiger partial charge in [-0.25, -0.2) is 4.39 Å². The minimum Gasteiger partial charge on any atom is -0.309 e. The first kappa shape index (κ1) is 16.1. The third-order valence-electron chi connectivity index (χ3n) is 3.03. The number of hydrogen-bond donors (Lipinski definition) is 1. The Bertz CT molecular complexity index is 558. The van der Waals surface area contributed by atoms with E-state index in [2.05, 4.69) is 57.1 Å². The van der Waals surface area contributed by atoms with E-state index in [1.54, 1.807) is 17.4 Å². The molecule has 108 valence electrons. The molecule has 0 radical (unpaired) electrons. The zero-order chi connectivity index (χ0) is 14.7. The molecular formula is C15H16Br2FNS. The van der Waals surface area contributed by atoms with E-state index in [0.717, 1.165) is 26.8 Å². The van der Waals surface area contributed by atoms with Gasteiger partial charge in [0, 0.05) is 15.4 Å². The summed E-state index contributed by atoms with van der Waals surface area (Å²) in [6, 6.07) is 7.46. The molecule has 0 fully saturated rings. The fourth-order valence-corrected chi connectivity index (χ4v) is 4.30. The molecular weight excluding hydrogens is 405 g/mol. The molecule has 0 aliphatic carbocycles. The molecule has 1 unspecified atom stereocenters. The van der Waals surface area contributed by atoms with Gasteiger partial charge in [-0.3, -0.25) is 0 Å². The average Bonchev–Trinajstić information content (AvgIpc) is 2.68. The molecule has 0 saturated carbocycles. The minimum absolute atomic E-state index is 0.201. The molecule has 0 bridgehead atoms. The maximum Gasteiger partial charge on any atom is 0.124 e. The maximum atomic E-state index is 13.5. The second-order valence-electron chi connectivity index (χ2n) is 4.70. The second-order valence-corrected chi connectivity index (χ2v) is 8.01. The number of likely N-dealkylation sites (N-methyl/N-ethyl adjacent to an activating group) is 1. The van der Waals surface area contributed by atoms with Gasteiger partial charge in [0.2, 0.25) is 0 Å². The van der Waals surface area contributed by atoms with E-state index in [1.807, 2.05) is 6.07 Å². The van der Waals surface area contributed by atoms with Crippen LogP contribution in [0.15, 0.2) is 32.5 Å².